The number of hydrogen-bond donors (Lipinski definition) is 1. The lowest BCUT2D eigenvalue weighted by Crippen LogP contribution is -2.29. The lowest BCUT2D eigenvalue weighted by Gasteiger charge is -2.11. The molecule has 0 amide bonds. The number of hydrogen-bond acceptors (Lipinski definition) is 4. The van der Waals surface area contributed by atoms with Gasteiger partial charge in [-0.15, -0.1) is 0 Å². The van der Waals surface area contributed by atoms with E-state index in [0.29, 0.717) is 0 Å². The molecule has 1 aromatic carbocycles. The molecule has 1 N–H and O–H groups in total. The van der Waals surface area contributed by atoms with Crippen LogP contribution in [-0.4, -0.2) is 44.2 Å². The summed E-state index contributed by atoms with van der Waals surface area (Å²) in [5.41, 5.74) is 0.503. The molecule has 0 unspecified atom stereocenters. The van der Waals surface area contributed by atoms with Gasteiger partial charge in [0.05, 0.1) is 11.9 Å². The van der Waals surface area contributed by atoms with Crippen molar-refractivity contribution in [3.63, 3.8) is 0 Å². The van der Waals surface area contributed by atoms with Crippen LogP contribution in [0.15, 0.2) is 24.3 Å². The summed E-state index contributed by atoms with van der Waals surface area (Å²) in [6.45, 7) is 3.47. The molecule has 1 saturated carbocycles. The topological polar surface area (TPSA) is 80.7 Å². The predicted octanol–water partition coefficient (Wildman–Crippen LogP) is 1.87. The first-order valence-electron chi connectivity index (χ1n) is 7.37. The maximum absolute atomic E-state index is 12.3. The summed E-state index contributed by atoms with van der Waals surface area (Å²) in [6.07, 6.45) is 0.879. The van der Waals surface area contributed by atoms with Crippen LogP contribution in [0.1, 0.15) is 30.9 Å². The monoisotopic (exact) mass is 326 g/mol. The molecule has 5 nitrogen and oxygen atoms in total. The van der Waals surface area contributed by atoms with E-state index in [-0.39, 0.29) is 12.4 Å². The number of benzene rings is 1. The molecule has 6 heteroatoms. The van der Waals surface area contributed by atoms with E-state index in [2.05, 4.69) is 0 Å². The first-order chi connectivity index (χ1) is 10.3. The van der Waals surface area contributed by atoms with Crippen LogP contribution < -0.4 is 0 Å². The molecular formula is C16H22O5S. The minimum Gasteiger partial charge on any atom is -0.481 e. The van der Waals surface area contributed by atoms with Crippen LogP contribution in [0.25, 0.3) is 0 Å². The zero-order valence-corrected chi connectivity index (χ0v) is 13.9. The van der Waals surface area contributed by atoms with Gasteiger partial charge >= 0.3 is 5.97 Å². The van der Waals surface area contributed by atoms with Crippen molar-refractivity contribution in [1.29, 1.82) is 0 Å². The maximum atomic E-state index is 12.3. The van der Waals surface area contributed by atoms with E-state index in [0.717, 1.165) is 17.5 Å². The fourth-order valence-electron chi connectivity index (χ4n) is 3.27. The standard InChI is InChI=1S/C16H22O5S/c1-4-11-6-8-12(9-7-11)13-14(22(19,20)5-2)16(13,10-21-3)15(17)18/h6-9,13-14H,4-5,10H2,1-3H3,(H,17,18)/t13-,14-,16-/m0/s1. The van der Waals surface area contributed by atoms with Crippen LogP contribution >= 0.6 is 0 Å². The summed E-state index contributed by atoms with van der Waals surface area (Å²) >= 11 is 0. The summed E-state index contributed by atoms with van der Waals surface area (Å²) in [7, 11) is -2.07. The molecule has 22 heavy (non-hydrogen) atoms. The van der Waals surface area contributed by atoms with Crippen molar-refractivity contribution in [3.8, 4) is 0 Å². The van der Waals surface area contributed by atoms with Gasteiger partial charge in [0, 0.05) is 18.8 Å². The van der Waals surface area contributed by atoms with Gasteiger partial charge in [-0.25, -0.2) is 8.42 Å². The number of sulfone groups is 1. The van der Waals surface area contributed by atoms with Crippen LogP contribution in [0.3, 0.4) is 0 Å². The number of carbonyl (C=O) groups is 1. The highest BCUT2D eigenvalue weighted by molar-refractivity contribution is 7.92. The number of aliphatic carboxylic acids is 1. The van der Waals surface area contributed by atoms with Crippen molar-refractivity contribution in [1.82, 2.24) is 0 Å². The molecule has 0 spiro atoms. The zero-order chi connectivity index (χ0) is 16.5. The Hall–Kier alpha value is -1.40. The second-order valence-corrected chi connectivity index (χ2v) is 8.13. The van der Waals surface area contributed by atoms with Crippen molar-refractivity contribution in [2.75, 3.05) is 19.5 Å². The van der Waals surface area contributed by atoms with Gasteiger partial charge in [0.15, 0.2) is 9.84 Å². The Labute approximate surface area is 131 Å². The van der Waals surface area contributed by atoms with Gasteiger partial charge in [-0.3, -0.25) is 4.79 Å². The van der Waals surface area contributed by atoms with Crippen molar-refractivity contribution in [2.24, 2.45) is 5.41 Å². The first-order valence-corrected chi connectivity index (χ1v) is 9.09. The molecule has 0 heterocycles. The smallest absolute Gasteiger partial charge is 0.314 e. The van der Waals surface area contributed by atoms with Gasteiger partial charge in [-0.2, -0.15) is 0 Å². The summed E-state index contributed by atoms with van der Waals surface area (Å²) in [6, 6.07) is 7.51. The Balaban J connectivity index is 2.48. The van der Waals surface area contributed by atoms with E-state index in [1.165, 1.54) is 7.11 Å². The molecule has 122 valence electrons. The fourth-order valence-corrected chi connectivity index (χ4v) is 5.32. The van der Waals surface area contributed by atoms with Crippen LogP contribution in [-0.2, 0) is 25.8 Å². The van der Waals surface area contributed by atoms with E-state index >= 15 is 0 Å². The van der Waals surface area contributed by atoms with Crippen molar-refractivity contribution >= 4 is 15.8 Å². The molecule has 0 aliphatic heterocycles. The number of carboxylic acids is 1. The maximum Gasteiger partial charge on any atom is 0.314 e. The Kier molecular flexibility index (Phi) is 4.63. The van der Waals surface area contributed by atoms with Gasteiger partial charge in [0.1, 0.15) is 5.41 Å². The third kappa shape index (κ3) is 2.54. The van der Waals surface area contributed by atoms with E-state index in [1.54, 1.807) is 6.92 Å². The number of ether oxygens (including phenoxy) is 1. The first kappa shape index (κ1) is 17.0. The molecule has 0 saturated heterocycles. The second-order valence-electron chi connectivity index (χ2n) is 5.72. The molecule has 1 fully saturated rings. The highest BCUT2D eigenvalue weighted by Gasteiger charge is 2.75. The summed E-state index contributed by atoms with van der Waals surface area (Å²) in [4.78, 5) is 11.8. The Morgan fingerprint density at radius 1 is 1.27 bits per heavy atom. The zero-order valence-electron chi connectivity index (χ0n) is 13.1. The van der Waals surface area contributed by atoms with Crippen LogP contribution in [0.4, 0.5) is 0 Å². The average Bonchev–Trinajstić information content (AvgIpc) is 3.19. The summed E-state index contributed by atoms with van der Waals surface area (Å²) < 4.78 is 29.7. The number of aryl methyl sites for hydroxylation is 1. The van der Waals surface area contributed by atoms with E-state index in [4.69, 9.17) is 4.74 Å². The number of methoxy groups -OCH3 is 1. The largest absolute Gasteiger partial charge is 0.481 e. The lowest BCUT2D eigenvalue weighted by atomic mass is 9.99. The third-order valence-corrected chi connectivity index (χ3v) is 6.85. The molecule has 1 aromatic rings. The van der Waals surface area contributed by atoms with Gasteiger partial charge < -0.3 is 9.84 Å². The Morgan fingerprint density at radius 2 is 1.86 bits per heavy atom. The van der Waals surface area contributed by atoms with E-state index in [9.17, 15) is 18.3 Å². The average molecular weight is 326 g/mol. The molecule has 0 bridgehead atoms. The van der Waals surface area contributed by atoms with Crippen LogP contribution in [0.5, 0.6) is 0 Å². The molecule has 0 radical (unpaired) electrons. The van der Waals surface area contributed by atoms with Gasteiger partial charge in [-0.1, -0.05) is 38.1 Å². The minimum atomic E-state index is -3.47. The van der Waals surface area contributed by atoms with Crippen LogP contribution in [0, 0.1) is 5.41 Å². The minimum absolute atomic E-state index is 0.0695. The van der Waals surface area contributed by atoms with Gasteiger partial charge in [0.25, 0.3) is 0 Å². The SMILES string of the molecule is CCc1ccc([C@H]2[C@H](S(=O)(=O)CC)[C@@]2(COC)C(=O)O)cc1. The molecule has 1 aliphatic carbocycles. The van der Waals surface area contributed by atoms with Crippen molar-refractivity contribution < 1.29 is 23.1 Å². The third-order valence-electron chi connectivity index (χ3n) is 4.57. The number of rotatable bonds is 7. The normalized spacial score (nSPS) is 27.6. The fraction of sp³-hybridized carbons (Fsp3) is 0.562. The molecular weight excluding hydrogens is 304 g/mol. The second kappa shape index (κ2) is 6.01. The summed E-state index contributed by atoms with van der Waals surface area (Å²) in [5, 5.41) is 8.73. The lowest BCUT2D eigenvalue weighted by molar-refractivity contribution is -0.145. The summed E-state index contributed by atoms with van der Waals surface area (Å²) in [5.74, 6) is -1.73. The van der Waals surface area contributed by atoms with Gasteiger partial charge in [-0.05, 0) is 17.5 Å². The molecule has 0 aromatic heterocycles. The molecule has 3 atom stereocenters. The van der Waals surface area contributed by atoms with Crippen molar-refractivity contribution in [2.45, 2.75) is 31.4 Å². The predicted molar refractivity (Wildman–Crippen MR) is 83.8 cm³/mol. The van der Waals surface area contributed by atoms with Crippen molar-refractivity contribution in [3.05, 3.63) is 35.4 Å². The van der Waals surface area contributed by atoms with Crippen LogP contribution in [0.2, 0.25) is 0 Å². The van der Waals surface area contributed by atoms with E-state index < -0.39 is 32.4 Å². The Bertz CT molecular complexity index is 650. The highest BCUT2D eigenvalue weighted by Crippen LogP contribution is 2.63. The molecule has 1 aliphatic rings. The highest BCUT2D eigenvalue weighted by atomic mass is 32.2. The Morgan fingerprint density at radius 3 is 2.27 bits per heavy atom. The van der Waals surface area contributed by atoms with E-state index in [1.807, 2.05) is 31.2 Å². The number of carboxylic acid groups (broad SMARTS) is 1. The molecule has 2 rings (SSSR count). The quantitative estimate of drug-likeness (QED) is 0.827. The van der Waals surface area contributed by atoms with Gasteiger partial charge in [0.2, 0.25) is 0 Å².